The summed E-state index contributed by atoms with van der Waals surface area (Å²) in [7, 11) is 2.08. The van der Waals surface area contributed by atoms with Gasteiger partial charge in [-0.1, -0.05) is 32.9 Å². The molecule has 1 heterocycles. The molecule has 0 radical (unpaired) electrons. The molecule has 1 saturated heterocycles. The predicted molar refractivity (Wildman–Crippen MR) is 90.0 cm³/mol. The van der Waals surface area contributed by atoms with Crippen LogP contribution in [-0.4, -0.2) is 19.8 Å². The Labute approximate surface area is 130 Å². The molecular weight excluding hydrogens is 258 g/mol. The first kappa shape index (κ1) is 16.5. The summed E-state index contributed by atoms with van der Waals surface area (Å²) in [6, 6.07) is 5.14. The van der Waals surface area contributed by atoms with Crippen molar-refractivity contribution in [3.8, 4) is 0 Å². The van der Waals surface area contributed by atoms with Gasteiger partial charge in [0.05, 0.1) is 12.1 Å². The molecule has 0 bridgehead atoms. The SMILES string of the molecule is CCc1cc(CC)c(C(NC)C2CCCCO2)c(CC)c1. The first-order valence-corrected chi connectivity index (χ1v) is 8.68. The van der Waals surface area contributed by atoms with E-state index in [0.717, 1.165) is 25.9 Å². The van der Waals surface area contributed by atoms with Crippen LogP contribution in [0.1, 0.15) is 68.3 Å². The van der Waals surface area contributed by atoms with E-state index in [9.17, 15) is 0 Å². The Morgan fingerprint density at radius 1 is 1.10 bits per heavy atom. The lowest BCUT2D eigenvalue weighted by Crippen LogP contribution is -2.35. The topological polar surface area (TPSA) is 21.3 Å². The van der Waals surface area contributed by atoms with Crippen molar-refractivity contribution >= 4 is 0 Å². The summed E-state index contributed by atoms with van der Waals surface area (Å²) in [5, 5.41) is 3.55. The molecule has 1 aliphatic rings. The van der Waals surface area contributed by atoms with E-state index in [-0.39, 0.29) is 0 Å². The summed E-state index contributed by atoms with van der Waals surface area (Å²) in [5.74, 6) is 0. The molecule has 2 nitrogen and oxygen atoms in total. The number of rotatable bonds is 6. The first-order chi connectivity index (χ1) is 10.2. The lowest BCUT2D eigenvalue weighted by atomic mass is 9.85. The minimum atomic E-state index is 0.326. The van der Waals surface area contributed by atoms with Crippen LogP contribution >= 0.6 is 0 Å². The number of hydrogen-bond acceptors (Lipinski definition) is 2. The molecule has 1 N–H and O–H groups in total. The van der Waals surface area contributed by atoms with Gasteiger partial charge in [0.2, 0.25) is 0 Å². The molecule has 21 heavy (non-hydrogen) atoms. The predicted octanol–water partition coefficient (Wildman–Crippen LogP) is 4.20. The maximum absolute atomic E-state index is 6.08. The maximum atomic E-state index is 6.08. The average molecular weight is 289 g/mol. The van der Waals surface area contributed by atoms with E-state index in [1.165, 1.54) is 41.5 Å². The van der Waals surface area contributed by atoms with Crippen molar-refractivity contribution in [3.05, 3.63) is 34.4 Å². The number of hydrogen-bond donors (Lipinski definition) is 1. The highest BCUT2D eigenvalue weighted by Gasteiger charge is 2.28. The molecule has 0 amide bonds. The van der Waals surface area contributed by atoms with E-state index in [1.807, 2.05) is 0 Å². The van der Waals surface area contributed by atoms with Crippen molar-refractivity contribution in [1.82, 2.24) is 5.32 Å². The summed E-state index contributed by atoms with van der Waals surface area (Å²) in [5.41, 5.74) is 5.97. The highest BCUT2D eigenvalue weighted by atomic mass is 16.5. The highest BCUT2D eigenvalue weighted by molar-refractivity contribution is 5.42. The van der Waals surface area contributed by atoms with Crippen molar-refractivity contribution in [1.29, 1.82) is 0 Å². The Bertz CT molecular complexity index is 424. The van der Waals surface area contributed by atoms with Gasteiger partial charge in [0, 0.05) is 6.61 Å². The second-order valence-corrected chi connectivity index (χ2v) is 6.06. The molecule has 2 unspecified atom stereocenters. The van der Waals surface area contributed by atoms with E-state index < -0.39 is 0 Å². The van der Waals surface area contributed by atoms with Crippen LogP contribution in [0.3, 0.4) is 0 Å². The molecule has 0 spiro atoms. The van der Waals surface area contributed by atoms with Crippen molar-refractivity contribution in [3.63, 3.8) is 0 Å². The van der Waals surface area contributed by atoms with Gasteiger partial charge >= 0.3 is 0 Å². The number of ether oxygens (including phenoxy) is 1. The van der Waals surface area contributed by atoms with Gasteiger partial charge in [-0.2, -0.15) is 0 Å². The molecule has 118 valence electrons. The van der Waals surface area contributed by atoms with Crippen molar-refractivity contribution in [2.45, 2.75) is 71.4 Å². The third-order valence-corrected chi connectivity index (χ3v) is 4.79. The number of likely N-dealkylation sites (N-methyl/N-ethyl adjacent to an activating group) is 1. The molecule has 1 aliphatic heterocycles. The maximum Gasteiger partial charge on any atom is 0.0769 e. The highest BCUT2D eigenvalue weighted by Crippen LogP contribution is 2.32. The second-order valence-electron chi connectivity index (χ2n) is 6.06. The van der Waals surface area contributed by atoms with Crippen molar-refractivity contribution < 1.29 is 4.74 Å². The third-order valence-electron chi connectivity index (χ3n) is 4.79. The largest absolute Gasteiger partial charge is 0.376 e. The van der Waals surface area contributed by atoms with Gasteiger partial charge < -0.3 is 10.1 Å². The van der Waals surface area contributed by atoms with Crippen LogP contribution in [-0.2, 0) is 24.0 Å². The fraction of sp³-hybridized carbons (Fsp3) is 0.684. The zero-order valence-electron chi connectivity index (χ0n) is 14.2. The molecule has 2 atom stereocenters. The van der Waals surface area contributed by atoms with E-state index in [2.05, 4.69) is 45.3 Å². The van der Waals surface area contributed by atoms with Crippen LogP contribution in [0, 0.1) is 0 Å². The Balaban J connectivity index is 2.42. The van der Waals surface area contributed by atoms with E-state index in [0.29, 0.717) is 12.1 Å². The van der Waals surface area contributed by atoms with Gasteiger partial charge in [0.25, 0.3) is 0 Å². The number of nitrogens with one attached hydrogen (secondary N) is 1. The molecule has 1 fully saturated rings. The van der Waals surface area contributed by atoms with E-state index in [4.69, 9.17) is 4.74 Å². The van der Waals surface area contributed by atoms with Gasteiger partial charge in [-0.25, -0.2) is 0 Å². The van der Waals surface area contributed by atoms with Crippen LogP contribution in [0.5, 0.6) is 0 Å². The molecule has 1 aromatic rings. The minimum Gasteiger partial charge on any atom is -0.376 e. The lowest BCUT2D eigenvalue weighted by Gasteiger charge is -2.33. The fourth-order valence-electron chi connectivity index (χ4n) is 3.58. The van der Waals surface area contributed by atoms with Gasteiger partial charge in [0.15, 0.2) is 0 Å². The van der Waals surface area contributed by atoms with Crippen LogP contribution in [0.2, 0.25) is 0 Å². The van der Waals surface area contributed by atoms with E-state index >= 15 is 0 Å². The Hall–Kier alpha value is -0.860. The molecule has 0 aromatic heterocycles. The fourth-order valence-corrected chi connectivity index (χ4v) is 3.58. The Kier molecular flexibility index (Phi) is 6.25. The van der Waals surface area contributed by atoms with Gasteiger partial charge in [-0.05, 0) is 67.8 Å². The molecule has 1 aromatic carbocycles. The zero-order chi connectivity index (χ0) is 15.2. The van der Waals surface area contributed by atoms with Crippen LogP contribution < -0.4 is 5.32 Å². The first-order valence-electron chi connectivity index (χ1n) is 8.68. The molecule has 0 aliphatic carbocycles. The molecule has 0 saturated carbocycles. The standard InChI is InChI=1S/C19H31NO/c1-5-14-12-15(6-2)18(16(7-3)13-14)19(20-4)17-10-8-9-11-21-17/h12-13,17,19-20H,5-11H2,1-4H3. The quantitative estimate of drug-likeness (QED) is 0.847. The Morgan fingerprint density at radius 3 is 2.19 bits per heavy atom. The third kappa shape index (κ3) is 3.67. The minimum absolute atomic E-state index is 0.326. The average Bonchev–Trinajstić information content (AvgIpc) is 2.56. The smallest absolute Gasteiger partial charge is 0.0769 e. The molecule has 2 heteroatoms. The zero-order valence-corrected chi connectivity index (χ0v) is 14.2. The van der Waals surface area contributed by atoms with Gasteiger partial charge in [-0.3, -0.25) is 0 Å². The van der Waals surface area contributed by atoms with Crippen molar-refractivity contribution in [2.75, 3.05) is 13.7 Å². The normalized spacial score (nSPS) is 20.5. The van der Waals surface area contributed by atoms with Crippen LogP contribution in [0.4, 0.5) is 0 Å². The van der Waals surface area contributed by atoms with Gasteiger partial charge in [0.1, 0.15) is 0 Å². The van der Waals surface area contributed by atoms with Gasteiger partial charge in [-0.15, -0.1) is 0 Å². The summed E-state index contributed by atoms with van der Waals surface area (Å²) >= 11 is 0. The number of benzene rings is 1. The van der Waals surface area contributed by atoms with Crippen LogP contribution in [0.25, 0.3) is 0 Å². The molecular formula is C19H31NO. The van der Waals surface area contributed by atoms with E-state index in [1.54, 1.807) is 0 Å². The van der Waals surface area contributed by atoms with Crippen molar-refractivity contribution in [2.24, 2.45) is 0 Å². The number of aryl methyl sites for hydroxylation is 3. The summed E-state index contributed by atoms with van der Waals surface area (Å²) in [6.07, 6.45) is 7.31. The van der Waals surface area contributed by atoms with Crippen LogP contribution in [0.15, 0.2) is 12.1 Å². The second kappa shape index (κ2) is 7.95. The summed E-state index contributed by atoms with van der Waals surface area (Å²) in [6.45, 7) is 7.70. The lowest BCUT2D eigenvalue weighted by molar-refractivity contribution is -0.00695. The Morgan fingerprint density at radius 2 is 1.76 bits per heavy atom. The summed E-state index contributed by atoms with van der Waals surface area (Å²) < 4.78 is 6.08. The summed E-state index contributed by atoms with van der Waals surface area (Å²) in [4.78, 5) is 0. The monoisotopic (exact) mass is 289 g/mol. The molecule has 2 rings (SSSR count).